The Labute approximate surface area is 106 Å². The van der Waals surface area contributed by atoms with Gasteiger partial charge in [-0.3, -0.25) is 0 Å². The molecule has 18 heavy (non-hydrogen) atoms. The van der Waals surface area contributed by atoms with Crippen molar-refractivity contribution in [2.45, 2.75) is 39.2 Å². The van der Waals surface area contributed by atoms with Gasteiger partial charge in [0, 0.05) is 5.69 Å². The summed E-state index contributed by atoms with van der Waals surface area (Å²) >= 11 is 0. The zero-order valence-electron chi connectivity index (χ0n) is 11.0. The van der Waals surface area contributed by atoms with E-state index in [4.69, 9.17) is 10.3 Å². The fourth-order valence-corrected chi connectivity index (χ4v) is 1.76. The van der Waals surface area contributed by atoms with Gasteiger partial charge in [0.05, 0.1) is 5.54 Å². The number of aryl methyl sites for hydroxylation is 1. The fourth-order valence-electron chi connectivity index (χ4n) is 1.76. The Bertz CT molecular complexity index is 531. The summed E-state index contributed by atoms with van der Waals surface area (Å²) in [5.41, 5.74) is 7.31. The molecule has 2 N–H and O–H groups in total. The molecule has 0 aromatic carbocycles. The SMILES string of the molecule is CCC(N)(CC)c1noc(-c2cccc(C)n2)n1. The highest BCUT2D eigenvalue weighted by molar-refractivity contribution is 5.46. The number of nitrogens with zero attached hydrogens (tertiary/aromatic N) is 3. The van der Waals surface area contributed by atoms with Crippen LogP contribution in [0.4, 0.5) is 0 Å². The van der Waals surface area contributed by atoms with Gasteiger partial charge in [-0.1, -0.05) is 25.1 Å². The molecule has 0 radical (unpaired) electrons. The molecule has 0 saturated heterocycles. The van der Waals surface area contributed by atoms with Gasteiger partial charge < -0.3 is 10.3 Å². The van der Waals surface area contributed by atoms with Crippen molar-refractivity contribution < 1.29 is 4.52 Å². The maximum absolute atomic E-state index is 6.23. The summed E-state index contributed by atoms with van der Waals surface area (Å²) in [4.78, 5) is 8.72. The van der Waals surface area contributed by atoms with Gasteiger partial charge in [0.2, 0.25) is 0 Å². The van der Waals surface area contributed by atoms with Gasteiger partial charge >= 0.3 is 0 Å². The highest BCUT2D eigenvalue weighted by Gasteiger charge is 2.29. The smallest absolute Gasteiger partial charge is 0.276 e. The van der Waals surface area contributed by atoms with Crippen LogP contribution in [0.3, 0.4) is 0 Å². The first-order valence-electron chi connectivity index (χ1n) is 6.16. The van der Waals surface area contributed by atoms with Crippen molar-refractivity contribution >= 4 is 0 Å². The summed E-state index contributed by atoms with van der Waals surface area (Å²) in [6, 6.07) is 5.68. The van der Waals surface area contributed by atoms with E-state index in [0.717, 1.165) is 18.5 Å². The quantitative estimate of drug-likeness (QED) is 0.896. The summed E-state index contributed by atoms with van der Waals surface area (Å²) in [7, 11) is 0. The molecule has 2 aromatic heterocycles. The predicted octanol–water partition coefficient (Wildman–Crippen LogP) is 2.41. The molecule has 96 valence electrons. The number of nitrogens with two attached hydrogens (primary N) is 1. The molecule has 0 amide bonds. The van der Waals surface area contributed by atoms with Crippen LogP contribution in [-0.4, -0.2) is 15.1 Å². The standard InChI is InChI=1S/C13H18N4O/c1-4-13(14,5-2)12-16-11(18-17-12)10-8-6-7-9(3)15-10/h6-8H,4-5,14H2,1-3H3. The Morgan fingerprint density at radius 2 is 1.94 bits per heavy atom. The van der Waals surface area contributed by atoms with Crippen LogP contribution in [0.1, 0.15) is 38.2 Å². The van der Waals surface area contributed by atoms with Gasteiger partial charge in [0.25, 0.3) is 5.89 Å². The number of hydrogen-bond donors (Lipinski definition) is 1. The molecule has 5 nitrogen and oxygen atoms in total. The molecule has 0 unspecified atom stereocenters. The van der Waals surface area contributed by atoms with Gasteiger partial charge in [-0.25, -0.2) is 4.98 Å². The van der Waals surface area contributed by atoms with Gasteiger partial charge in [-0.2, -0.15) is 4.98 Å². The van der Waals surface area contributed by atoms with Crippen molar-refractivity contribution in [2.24, 2.45) is 5.73 Å². The van der Waals surface area contributed by atoms with E-state index in [1.807, 2.05) is 39.0 Å². The third kappa shape index (κ3) is 2.26. The second-order valence-corrected chi connectivity index (χ2v) is 4.45. The van der Waals surface area contributed by atoms with Gasteiger partial charge in [-0.05, 0) is 31.9 Å². The number of hydrogen-bond acceptors (Lipinski definition) is 5. The minimum absolute atomic E-state index is 0.422. The Balaban J connectivity index is 2.36. The second kappa shape index (κ2) is 4.86. The van der Waals surface area contributed by atoms with E-state index in [2.05, 4.69) is 15.1 Å². The van der Waals surface area contributed by atoms with Gasteiger partial charge in [0.15, 0.2) is 5.82 Å². The van der Waals surface area contributed by atoms with Crippen LogP contribution in [-0.2, 0) is 5.54 Å². The molecule has 0 aliphatic carbocycles. The average molecular weight is 246 g/mol. The molecule has 0 bridgehead atoms. The molecule has 2 rings (SSSR count). The molecule has 5 heteroatoms. The fraction of sp³-hybridized carbons (Fsp3) is 0.462. The van der Waals surface area contributed by atoms with Crippen molar-refractivity contribution in [2.75, 3.05) is 0 Å². The van der Waals surface area contributed by atoms with Crippen LogP contribution in [0.5, 0.6) is 0 Å². The van der Waals surface area contributed by atoms with E-state index in [-0.39, 0.29) is 0 Å². The molecule has 2 heterocycles. The van der Waals surface area contributed by atoms with E-state index >= 15 is 0 Å². The first-order chi connectivity index (χ1) is 8.59. The lowest BCUT2D eigenvalue weighted by atomic mass is 9.93. The third-order valence-electron chi connectivity index (χ3n) is 3.24. The molecule has 0 aliphatic rings. The summed E-state index contributed by atoms with van der Waals surface area (Å²) in [6.45, 7) is 5.96. The predicted molar refractivity (Wildman–Crippen MR) is 68.7 cm³/mol. The maximum Gasteiger partial charge on any atom is 0.276 e. The monoisotopic (exact) mass is 246 g/mol. The molecule has 0 spiro atoms. The number of rotatable bonds is 4. The molecule has 0 saturated carbocycles. The average Bonchev–Trinajstić information content (AvgIpc) is 2.88. The lowest BCUT2D eigenvalue weighted by Gasteiger charge is -2.21. The molecular formula is C13H18N4O. The van der Waals surface area contributed by atoms with E-state index in [1.165, 1.54) is 0 Å². The lowest BCUT2D eigenvalue weighted by Crippen LogP contribution is -2.36. The van der Waals surface area contributed by atoms with Crippen LogP contribution in [0.25, 0.3) is 11.6 Å². The van der Waals surface area contributed by atoms with Crippen LogP contribution in [0, 0.1) is 6.92 Å². The zero-order chi connectivity index (χ0) is 13.2. The minimum atomic E-state index is -0.522. The Morgan fingerprint density at radius 1 is 1.22 bits per heavy atom. The van der Waals surface area contributed by atoms with Crippen LogP contribution < -0.4 is 5.73 Å². The zero-order valence-corrected chi connectivity index (χ0v) is 11.0. The van der Waals surface area contributed by atoms with Crippen LogP contribution in [0.2, 0.25) is 0 Å². The summed E-state index contributed by atoms with van der Waals surface area (Å²) in [6.07, 6.45) is 1.54. The molecule has 2 aromatic rings. The van der Waals surface area contributed by atoms with E-state index in [9.17, 15) is 0 Å². The molecule has 0 fully saturated rings. The van der Waals surface area contributed by atoms with Crippen LogP contribution in [0.15, 0.2) is 22.7 Å². The summed E-state index contributed by atoms with van der Waals surface area (Å²) in [5.74, 6) is 0.969. The van der Waals surface area contributed by atoms with Crippen molar-refractivity contribution in [3.63, 3.8) is 0 Å². The van der Waals surface area contributed by atoms with E-state index < -0.39 is 5.54 Å². The second-order valence-electron chi connectivity index (χ2n) is 4.45. The van der Waals surface area contributed by atoms with Gasteiger partial charge in [0.1, 0.15) is 5.69 Å². The Kier molecular flexibility index (Phi) is 3.43. The van der Waals surface area contributed by atoms with Gasteiger partial charge in [-0.15, -0.1) is 0 Å². The summed E-state index contributed by atoms with van der Waals surface area (Å²) in [5, 5.41) is 3.98. The van der Waals surface area contributed by atoms with Crippen molar-refractivity contribution in [1.29, 1.82) is 0 Å². The Hall–Kier alpha value is -1.75. The van der Waals surface area contributed by atoms with Crippen molar-refractivity contribution in [3.8, 4) is 11.6 Å². The number of aromatic nitrogens is 3. The lowest BCUT2D eigenvalue weighted by molar-refractivity contribution is 0.350. The first-order valence-corrected chi connectivity index (χ1v) is 6.16. The van der Waals surface area contributed by atoms with E-state index in [0.29, 0.717) is 17.4 Å². The molecular weight excluding hydrogens is 228 g/mol. The largest absolute Gasteiger partial charge is 0.332 e. The van der Waals surface area contributed by atoms with Crippen molar-refractivity contribution in [1.82, 2.24) is 15.1 Å². The normalized spacial score (nSPS) is 11.8. The third-order valence-corrected chi connectivity index (χ3v) is 3.24. The molecule has 0 atom stereocenters. The van der Waals surface area contributed by atoms with Crippen molar-refractivity contribution in [3.05, 3.63) is 29.7 Å². The Morgan fingerprint density at radius 3 is 2.56 bits per heavy atom. The molecule has 0 aliphatic heterocycles. The minimum Gasteiger partial charge on any atom is -0.332 e. The number of pyridine rings is 1. The van der Waals surface area contributed by atoms with E-state index in [1.54, 1.807) is 0 Å². The van der Waals surface area contributed by atoms with Crippen LogP contribution >= 0.6 is 0 Å². The maximum atomic E-state index is 6.23. The highest BCUT2D eigenvalue weighted by Crippen LogP contribution is 2.25. The topological polar surface area (TPSA) is 77.8 Å². The first kappa shape index (κ1) is 12.7. The summed E-state index contributed by atoms with van der Waals surface area (Å²) < 4.78 is 5.25. The highest BCUT2D eigenvalue weighted by atomic mass is 16.5.